The van der Waals surface area contributed by atoms with Crippen LogP contribution in [-0.4, -0.2) is 30.2 Å². The summed E-state index contributed by atoms with van der Waals surface area (Å²) in [6.07, 6.45) is 0. The maximum atomic E-state index is 12.3. The summed E-state index contributed by atoms with van der Waals surface area (Å²) in [7, 11) is 0. The number of hydrogen-bond acceptors (Lipinski definition) is 6. The van der Waals surface area contributed by atoms with Gasteiger partial charge in [0.25, 0.3) is 0 Å². The Morgan fingerprint density at radius 3 is 2.36 bits per heavy atom. The zero-order chi connectivity index (χ0) is 18.4. The second kappa shape index (κ2) is 8.20. The normalized spacial score (nSPS) is 10.0. The highest BCUT2D eigenvalue weighted by atomic mass is 32.1. The first-order valence-electron chi connectivity index (χ1n) is 7.28. The van der Waals surface area contributed by atoms with Gasteiger partial charge in [0.15, 0.2) is 6.61 Å². The highest BCUT2D eigenvalue weighted by Crippen LogP contribution is 2.22. The Balaban J connectivity index is 2.15. The highest BCUT2D eigenvalue weighted by molar-refractivity contribution is 7.08. The fourth-order valence-electron chi connectivity index (χ4n) is 2.03. The van der Waals surface area contributed by atoms with Crippen LogP contribution in [0.4, 0.5) is 11.4 Å². The largest absolute Gasteiger partial charge is 0.454 e. The zero-order valence-electron chi connectivity index (χ0n) is 13.6. The number of anilines is 2. The van der Waals surface area contributed by atoms with E-state index in [2.05, 4.69) is 10.6 Å². The molecule has 0 aliphatic heterocycles. The van der Waals surface area contributed by atoms with Gasteiger partial charge in [0.2, 0.25) is 17.6 Å². The predicted molar refractivity (Wildman–Crippen MR) is 94.0 cm³/mol. The average Bonchev–Trinajstić information content (AvgIpc) is 3.06. The van der Waals surface area contributed by atoms with Crippen molar-refractivity contribution in [3.05, 3.63) is 46.2 Å². The van der Waals surface area contributed by atoms with Gasteiger partial charge in [-0.05, 0) is 29.6 Å². The number of thiophene rings is 1. The van der Waals surface area contributed by atoms with Crippen molar-refractivity contribution in [1.82, 2.24) is 0 Å². The number of rotatable bonds is 6. The van der Waals surface area contributed by atoms with Crippen LogP contribution in [0.25, 0.3) is 0 Å². The van der Waals surface area contributed by atoms with Crippen molar-refractivity contribution < 1.29 is 23.9 Å². The van der Waals surface area contributed by atoms with Gasteiger partial charge in [-0.15, -0.1) is 0 Å². The van der Waals surface area contributed by atoms with E-state index in [1.165, 1.54) is 43.4 Å². The summed E-state index contributed by atoms with van der Waals surface area (Å²) < 4.78 is 4.99. The average molecular weight is 360 g/mol. The second-order valence-electron chi connectivity index (χ2n) is 5.13. The van der Waals surface area contributed by atoms with E-state index in [4.69, 9.17) is 4.74 Å². The number of Topliss-reactive ketones (excluding diaryl/α,β-unsaturated/α-hetero) is 1. The summed E-state index contributed by atoms with van der Waals surface area (Å²) in [5.74, 6) is -1.71. The van der Waals surface area contributed by atoms with Crippen LogP contribution < -0.4 is 10.6 Å². The molecule has 2 aromatic rings. The number of nitrogens with one attached hydrogen (secondary N) is 2. The molecule has 0 fully saturated rings. The molecule has 0 aliphatic rings. The van der Waals surface area contributed by atoms with E-state index in [0.29, 0.717) is 11.3 Å². The van der Waals surface area contributed by atoms with Crippen LogP contribution in [0.15, 0.2) is 35.0 Å². The number of carbonyl (C=O) groups is 4. The number of esters is 1. The quantitative estimate of drug-likeness (QED) is 0.609. The zero-order valence-corrected chi connectivity index (χ0v) is 14.4. The van der Waals surface area contributed by atoms with Crippen LogP contribution in [0, 0.1) is 0 Å². The molecule has 1 aromatic heterocycles. The van der Waals surface area contributed by atoms with E-state index in [9.17, 15) is 19.2 Å². The number of hydrogen-bond donors (Lipinski definition) is 2. The van der Waals surface area contributed by atoms with E-state index >= 15 is 0 Å². The fourth-order valence-corrected chi connectivity index (χ4v) is 2.66. The van der Waals surface area contributed by atoms with E-state index in [1.54, 1.807) is 16.8 Å². The molecular formula is C17H16N2O5S. The van der Waals surface area contributed by atoms with Gasteiger partial charge in [-0.2, -0.15) is 11.3 Å². The van der Waals surface area contributed by atoms with Crippen molar-refractivity contribution in [3.63, 3.8) is 0 Å². The minimum absolute atomic E-state index is 0.183. The monoisotopic (exact) mass is 360 g/mol. The first kappa shape index (κ1) is 18.3. The number of amides is 2. The molecule has 0 aliphatic carbocycles. The molecule has 1 aromatic carbocycles. The van der Waals surface area contributed by atoms with Gasteiger partial charge >= 0.3 is 5.97 Å². The number of benzene rings is 1. The standard InChI is InChI=1S/C17H16N2O5S/c1-10(20)18-13-3-4-14(15(7-13)19-11(2)21)16(22)8-24-17(23)12-5-6-25-9-12/h3-7,9H,8H2,1-2H3,(H,18,20)(H,19,21). The van der Waals surface area contributed by atoms with Crippen LogP contribution in [0.2, 0.25) is 0 Å². The lowest BCUT2D eigenvalue weighted by Gasteiger charge is -2.12. The maximum absolute atomic E-state index is 12.3. The number of ether oxygens (including phenoxy) is 1. The molecule has 2 rings (SSSR count). The molecule has 1 heterocycles. The molecule has 7 nitrogen and oxygen atoms in total. The van der Waals surface area contributed by atoms with Gasteiger partial charge in [-0.3, -0.25) is 14.4 Å². The van der Waals surface area contributed by atoms with Crippen LogP contribution in [0.3, 0.4) is 0 Å². The van der Waals surface area contributed by atoms with Gasteiger partial charge in [-0.25, -0.2) is 4.79 Å². The molecule has 0 radical (unpaired) electrons. The van der Waals surface area contributed by atoms with Crippen molar-refractivity contribution in [1.29, 1.82) is 0 Å². The number of carbonyl (C=O) groups excluding carboxylic acids is 4. The van der Waals surface area contributed by atoms with Crippen LogP contribution in [0.1, 0.15) is 34.6 Å². The molecule has 0 unspecified atom stereocenters. The Morgan fingerprint density at radius 2 is 1.76 bits per heavy atom. The Labute approximate surface area is 148 Å². The molecule has 2 amide bonds. The second-order valence-corrected chi connectivity index (χ2v) is 5.91. The summed E-state index contributed by atoms with van der Waals surface area (Å²) in [6, 6.07) is 6.05. The molecule has 0 spiro atoms. The SMILES string of the molecule is CC(=O)Nc1ccc(C(=O)COC(=O)c2ccsc2)c(NC(C)=O)c1. The lowest BCUT2D eigenvalue weighted by molar-refractivity contribution is -0.115. The topological polar surface area (TPSA) is 102 Å². The summed E-state index contributed by atoms with van der Waals surface area (Å²) in [4.78, 5) is 46.6. The van der Waals surface area contributed by atoms with E-state index in [1.807, 2.05) is 0 Å². The molecule has 8 heteroatoms. The Bertz CT molecular complexity index is 814. The fraction of sp³-hybridized carbons (Fsp3) is 0.176. The third kappa shape index (κ3) is 5.25. The predicted octanol–water partition coefficient (Wildman–Crippen LogP) is 2.70. The molecule has 0 atom stereocenters. The summed E-state index contributed by atoms with van der Waals surface area (Å²) in [6.45, 7) is 2.19. The summed E-state index contributed by atoms with van der Waals surface area (Å²) >= 11 is 1.35. The van der Waals surface area contributed by atoms with Crippen LogP contribution in [-0.2, 0) is 14.3 Å². The number of ketones is 1. The van der Waals surface area contributed by atoms with Gasteiger partial charge in [-0.1, -0.05) is 0 Å². The third-order valence-corrected chi connectivity index (χ3v) is 3.73. The van der Waals surface area contributed by atoms with Crippen LogP contribution in [0.5, 0.6) is 0 Å². The van der Waals surface area contributed by atoms with Gasteiger partial charge in [0.1, 0.15) is 0 Å². The highest BCUT2D eigenvalue weighted by Gasteiger charge is 2.16. The van der Waals surface area contributed by atoms with Crippen molar-refractivity contribution >= 4 is 46.3 Å². The van der Waals surface area contributed by atoms with Crippen molar-refractivity contribution in [2.24, 2.45) is 0 Å². The molecule has 0 bridgehead atoms. The van der Waals surface area contributed by atoms with Gasteiger partial charge in [0.05, 0.1) is 11.3 Å². The first-order chi connectivity index (χ1) is 11.9. The smallest absolute Gasteiger partial charge is 0.339 e. The molecular weight excluding hydrogens is 344 g/mol. The maximum Gasteiger partial charge on any atom is 0.339 e. The Morgan fingerprint density at radius 1 is 1.04 bits per heavy atom. The van der Waals surface area contributed by atoms with E-state index in [-0.39, 0.29) is 23.1 Å². The summed E-state index contributed by atoms with van der Waals surface area (Å²) in [5, 5.41) is 8.45. The van der Waals surface area contributed by atoms with Crippen molar-refractivity contribution in [2.45, 2.75) is 13.8 Å². The molecule has 130 valence electrons. The minimum atomic E-state index is -0.592. The van der Waals surface area contributed by atoms with E-state index < -0.39 is 18.4 Å². The Hall–Kier alpha value is -3.00. The molecule has 0 saturated heterocycles. The summed E-state index contributed by atoms with van der Waals surface area (Å²) in [5.41, 5.74) is 1.22. The van der Waals surface area contributed by atoms with Crippen LogP contribution >= 0.6 is 11.3 Å². The molecule has 0 saturated carbocycles. The first-order valence-corrected chi connectivity index (χ1v) is 8.23. The van der Waals surface area contributed by atoms with E-state index in [0.717, 1.165) is 0 Å². The van der Waals surface area contributed by atoms with Gasteiger partial charge < -0.3 is 15.4 Å². The lowest BCUT2D eigenvalue weighted by Crippen LogP contribution is -2.17. The molecule has 2 N–H and O–H groups in total. The Kier molecular flexibility index (Phi) is 6.02. The third-order valence-electron chi connectivity index (χ3n) is 3.04. The lowest BCUT2D eigenvalue weighted by atomic mass is 10.1. The molecule has 25 heavy (non-hydrogen) atoms. The van der Waals surface area contributed by atoms with Crippen molar-refractivity contribution in [2.75, 3.05) is 17.2 Å². The minimum Gasteiger partial charge on any atom is -0.454 e. The van der Waals surface area contributed by atoms with Gasteiger partial charge in [0, 0.05) is 30.5 Å². The van der Waals surface area contributed by atoms with Crippen molar-refractivity contribution in [3.8, 4) is 0 Å².